The minimum Gasteiger partial charge on any atom is -0.475 e. The highest BCUT2D eigenvalue weighted by Crippen LogP contribution is 2.39. The zero-order valence-corrected chi connectivity index (χ0v) is 19.2. The minimum atomic E-state index is -4.67. The second kappa shape index (κ2) is 9.01. The first-order valence-electron chi connectivity index (χ1n) is 11.3. The number of primary amides is 1. The van der Waals surface area contributed by atoms with Gasteiger partial charge in [-0.1, -0.05) is 0 Å². The Labute approximate surface area is 199 Å². The van der Waals surface area contributed by atoms with Gasteiger partial charge in [0, 0.05) is 24.3 Å². The van der Waals surface area contributed by atoms with Gasteiger partial charge in [0.2, 0.25) is 5.91 Å². The molecule has 3 N–H and O–H groups in total. The summed E-state index contributed by atoms with van der Waals surface area (Å²) in [6, 6.07) is 5.29. The van der Waals surface area contributed by atoms with E-state index in [1.165, 1.54) is 20.0 Å². The second-order valence-electron chi connectivity index (χ2n) is 9.46. The van der Waals surface area contributed by atoms with Crippen molar-refractivity contribution >= 4 is 17.6 Å². The lowest BCUT2D eigenvalue weighted by Crippen LogP contribution is -2.55. The molecule has 7 nitrogen and oxygen atoms in total. The molecule has 0 radical (unpaired) electrons. The summed E-state index contributed by atoms with van der Waals surface area (Å²) in [5.41, 5.74) is 2.93. The maximum absolute atomic E-state index is 14.1. The van der Waals surface area contributed by atoms with Crippen LogP contribution in [0.15, 0.2) is 36.5 Å². The molecule has 1 aromatic carbocycles. The summed E-state index contributed by atoms with van der Waals surface area (Å²) in [6.45, 7) is 2.77. The van der Waals surface area contributed by atoms with Crippen LogP contribution >= 0.6 is 0 Å². The third-order valence-corrected chi connectivity index (χ3v) is 6.54. The van der Waals surface area contributed by atoms with Crippen molar-refractivity contribution in [2.45, 2.75) is 69.4 Å². The average molecular weight is 494 g/mol. The zero-order valence-electron chi connectivity index (χ0n) is 19.2. The van der Waals surface area contributed by atoms with Gasteiger partial charge in [-0.2, -0.15) is 13.2 Å². The van der Waals surface area contributed by atoms with Crippen molar-refractivity contribution in [2.75, 3.05) is 4.90 Å². The fourth-order valence-corrected chi connectivity index (χ4v) is 4.79. The number of fused-ring (bicyclic) bond motifs is 2. The molecule has 2 aliphatic heterocycles. The van der Waals surface area contributed by atoms with Crippen LogP contribution in [0.2, 0.25) is 0 Å². The highest BCUT2D eigenvalue weighted by Gasteiger charge is 2.43. The number of hydrogen-bond acceptors (Lipinski definition) is 5. The van der Waals surface area contributed by atoms with Crippen LogP contribution in [0.5, 0.6) is 5.75 Å². The van der Waals surface area contributed by atoms with Crippen molar-refractivity contribution in [3.05, 3.63) is 53.5 Å². The minimum absolute atomic E-state index is 0.121. The molecule has 0 aliphatic carbocycles. The first-order valence-corrected chi connectivity index (χ1v) is 11.3. The third-order valence-electron chi connectivity index (χ3n) is 6.54. The van der Waals surface area contributed by atoms with Gasteiger partial charge in [0.25, 0.3) is 5.91 Å². The number of amides is 2. The summed E-state index contributed by atoms with van der Waals surface area (Å²) in [4.78, 5) is 30.8. The number of benzene rings is 1. The van der Waals surface area contributed by atoms with Crippen LogP contribution in [0.3, 0.4) is 0 Å². The van der Waals surface area contributed by atoms with E-state index in [1.807, 2.05) is 0 Å². The number of halogens is 4. The molecule has 2 saturated heterocycles. The topological polar surface area (TPSA) is 97.5 Å². The molecule has 2 unspecified atom stereocenters. The highest BCUT2D eigenvalue weighted by molar-refractivity contribution is 5.92. The Bertz CT molecular complexity index is 1110. The summed E-state index contributed by atoms with van der Waals surface area (Å²) in [5.74, 6) is -1.99. The molecule has 1 aromatic heterocycles. The van der Waals surface area contributed by atoms with Gasteiger partial charge < -0.3 is 20.7 Å². The Kier molecular flexibility index (Phi) is 6.37. The van der Waals surface area contributed by atoms with Crippen molar-refractivity contribution in [3.63, 3.8) is 0 Å². The molecular formula is C24H26F4N4O3. The molecule has 2 amide bonds. The SMILES string of the molecule is CC(C)(Oc1cc(C(F)(F)F)ccc1F)C(=O)NC1CC2CCC(C1)N2c1ccc(C(N)=O)cn1. The number of carbonyl (C=O) groups is 2. The normalized spacial score (nSPS) is 22.1. The molecule has 35 heavy (non-hydrogen) atoms. The van der Waals surface area contributed by atoms with E-state index in [9.17, 15) is 27.2 Å². The fraction of sp³-hybridized carbons (Fsp3) is 0.458. The van der Waals surface area contributed by atoms with Crippen LogP contribution in [0, 0.1) is 5.82 Å². The van der Waals surface area contributed by atoms with Crippen molar-refractivity contribution in [2.24, 2.45) is 5.73 Å². The van der Waals surface area contributed by atoms with Gasteiger partial charge in [-0.15, -0.1) is 0 Å². The van der Waals surface area contributed by atoms with E-state index < -0.39 is 40.7 Å². The van der Waals surface area contributed by atoms with Gasteiger partial charge in [-0.05, 0) is 69.9 Å². The van der Waals surface area contributed by atoms with Crippen LogP contribution in [0.1, 0.15) is 55.5 Å². The van der Waals surface area contributed by atoms with Crippen LogP contribution in [-0.4, -0.2) is 40.5 Å². The molecule has 3 heterocycles. The molecule has 2 aromatic rings. The molecule has 0 spiro atoms. The molecule has 2 fully saturated rings. The summed E-state index contributed by atoms with van der Waals surface area (Å²) in [5, 5.41) is 2.92. The lowest BCUT2D eigenvalue weighted by atomic mass is 9.96. The van der Waals surface area contributed by atoms with Crippen molar-refractivity contribution < 1.29 is 31.9 Å². The number of nitrogens with two attached hydrogens (primary N) is 1. The van der Waals surface area contributed by atoms with Crippen LogP contribution < -0.4 is 20.7 Å². The number of carbonyl (C=O) groups excluding carboxylic acids is 2. The largest absolute Gasteiger partial charge is 0.475 e. The van der Waals surface area contributed by atoms with Gasteiger partial charge in [0.1, 0.15) is 5.82 Å². The molecule has 11 heteroatoms. The molecule has 2 atom stereocenters. The van der Waals surface area contributed by atoms with Crippen molar-refractivity contribution in [1.29, 1.82) is 0 Å². The van der Waals surface area contributed by atoms with E-state index in [-0.39, 0.29) is 18.1 Å². The zero-order chi connectivity index (χ0) is 25.5. The number of nitrogens with zero attached hydrogens (tertiary/aromatic N) is 2. The number of piperidine rings is 1. The summed E-state index contributed by atoms with van der Waals surface area (Å²) < 4.78 is 58.6. The van der Waals surface area contributed by atoms with E-state index in [0.717, 1.165) is 18.7 Å². The number of hydrogen-bond donors (Lipinski definition) is 2. The number of aromatic nitrogens is 1. The smallest absolute Gasteiger partial charge is 0.416 e. The summed E-state index contributed by atoms with van der Waals surface area (Å²) >= 11 is 0. The number of anilines is 1. The van der Waals surface area contributed by atoms with Gasteiger partial charge >= 0.3 is 6.18 Å². The Morgan fingerprint density at radius 2 is 1.77 bits per heavy atom. The fourth-order valence-electron chi connectivity index (χ4n) is 4.79. The van der Waals surface area contributed by atoms with Crippen molar-refractivity contribution in [3.8, 4) is 5.75 Å². The van der Waals surface area contributed by atoms with E-state index in [0.29, 0.717) is 36.6 Å². The first kappa shape index (κ1) is 24.7. The molecule has 4 rings (SSSR count). The quantitative estimate of drug-likeness (QED) is 0.596. The van der Waals surface area contributed by atoms with Gasteiger partial charge in [-0.25, -0.2) is 9.37 Å². The Morgan fingerprint density at radius 1 is 1.11 bits per heavy atom. The molecule has 2 aliphatic rings. The number of alkyl halides is 3. The van der Waals surface area contributed by atoms with Gasteiger partial charge in [0.05, 0.1) is 11.1 Å². The van der Waals surface area contributed by atoms with Crippen LogP contribution in [0.25, 0.3) is 0 Å². The Hall–Kier alpha value is -3.37. The van der Waals surface area contributed by atoms with Gasteiger partial charge in [-0.3, -0.25) is 9.59 Å². The third kappa shape index (κ3) is 5.18. The highest BCUT2D eigenvalue weighted by atomic mass is 19.4. The maximum Gasteiger partial charge on any atom is 0.416 e. The monoisotopic (exact) mass is 494 g/mol. The Balaban J connectivity index is 1.41. The molecule has 188 valence electrons. The number of nitrogens with one attached hydrogen (secondary N) is 1. The van der Waals surface area contributed by atoms with Gasteiger partial charge in [0.15, 0.2) is 17.2 Å². The van der Waals surface area contributed by atoms with E-state index in [1.54, 1.807) is 12.1 Å². The van der Waals surface area contributed by atoms with E-state index in [2.05, 4.69) is 15.2 Å². The van der Waals surface area contributed by atoms with E-state index >= 15 is 0 Å². The average Bonchev–Trinajstić information content (AvgIpc) is 3.04. The number of ether oxygens (including phenoxy) is 1. The van der Waals surface area contributed by atoms with E-state index in [4.69, 9.17) is 10.5 Å². The number of pyridine rings is 1. The lowest BCUT2D eigenvalue weighted by molar-refractivity contribution is -0.138. The summed E-state index contributed by atoms with van der Waals surface area (Å²) in [6.07, 6.45) is -0.138. The standard InChI is InChI=1S/C24H26F4N4O3/c1-23(2,35-19-9-14(24(26,27)28)4-7-18(19)25)22(34)31-15-10-16-5-6-17(11-15)32(16)20-8-3-13(12-30-20)21(29)33/h3-4,7-9,12,15-17H,5-6,10-11H2,1-2H3,(H2,29,33)(H,31,34). The first-order chi connectivity index (χ1) is 16.3. The number of rotatable bonds is 6. The molecule has 2 bridgehead atoms. The Morgan fingerprint density at radius 3 is 2.31 bits per heavy atom. The predicted octanol–water partition coefficient (Wildman–Crippen LogP) is 3.81. The lowest BCUT2D eigenvalue weighted by Gasteiger charge is -2.40. The van der Waals surface area contributed by atoms with Crippen LogP contribution in [-0.2, 0) is 11.0 Å². The predicted molar refractivity (Wildman–Crippen MR) is 119 cm³/mol. The second-order valence-corrected chi connectivity index (χ2v) is 9.46. The summed E-state index contributed by atoms with van der Waals surface area (Å²) in [7, 11) is 0. The van der Waals surface area contributed by atoms with Crippen molar-refractivity contribution in [1.82, 2.24) is 10.3 Å². The molecule has 0 saturated carbocycles. The van der Waals surface area contributed by atoms with Crippen LogP contribution in [0.4, 0.5) is 23.4 Å². The molecular weight excluding hydrogens is 468 g/mol. The maximum atomic E-state index is 14.1.